The van der Waals surface area contributed by atoms with Crippen LogP contribution in [-0.2, 0) is 9.59 Å². The molecule has 0 radical (unpaired) electrons. The fourth-order valence-electron chi connectivity index (χ4n) is 2.00. The summed E-state index contributed by atoms with van der Waals surface area (Å²) in [6.45, 7) is 5.18. The molecular weight excluding hydrogens is 270 g/mol. The number of benzene rings is 1. The van der Waals surface area contributed by atoms with Crippen molar-refractivity contribution in [1.82, 2.24) is 5.32 Å². The van der Waals surface area contributed by atoms with E-state index in [9.17, 15) is 9.59 Å². The monoisotopic (exact) mass is 293 g/mol. The number of carbonyl (C=O) groups is 2. The summed E-state index contributed by atoms with van der Waals surface area (Å²) in [6.07, 6.45) is 0.567. The average Bonchev–Trinajstić information content (AvgIpc) is 2.46. The van der Waals surface area contributed by atoms with Gasteiger partial charge in [0.1, 0.15) is 11.3 Å². The molecule has 0 bridgehead atoms. The van der Waals surface area contributed by atoms with Gasteiger partial charge in [-0.25, -0.2) is 4.79 Å². The van der Waals surface area contributed by atoms with Gasteiger partial charge in [-0.15, -0.1) is 0 Å². The van der Waals surface area contributed by atoms with E-state index in [1.165, 1.54) is 6.92 Å². The predicted molar refractivity (Wildman–Crippen MR) is 80.5 cm³/mol. The Morgan fingerprint density at radius 1 is 1.43 bits per heavy atom. The molecule has 0 saturated heterocycles. The maximum atomic E-state index is 12.1. The molecule has 1 aromatic carbocycles. The molecule has 1 amide bonds. The second-order valence-corrected chi connectivity index (χ2v) is 5.42. The van der Waals surface area contributed by atoms with E-state index in [-0.39, 0.29) is 18.2 Å². The maximum Gasteiger partial charge on any atom is 0.329 e. The molecule has 5 heteroatoms. The molecule has 5 nitrogen and oxygen atoms in total. The van der Waals surface area contributed by atoms with E-state index in [4.69, 9.17) is 9.84 Å². The highest BCUT2D eigenvalue weighted by molar-refractivity contribution is 5.86. The first-order chi connectivity index (χ1) is 9.82. The SMILES string of the molecule is CCC(C)(NC(=O)CC(C)c1cccc(OC)c1)C(=O)O. The van der Waals surface area contributed by atoms with Crippen molar-refractivity contribution in [2.75, 3.05) is 7.11 Å². The summed E-state index contributed by atoms with van der Waals surface area (Å²) in [4.78, 5) is 23.3. The summed E-state index contributed by atoms with van der Waals surface area (Å²) in [5, 5.41) is 11.8. The summed E-state index contributed by atoms with van der Waals surface area (Å²) in [5.41, 5.74) is -0.233. The zero-order valence-electron chi connectivity index (χ0n) is 13.0. The minimum absolute atomic E-state index is 0.0185. The van der Waals surface area contributed by atoms with E-state index < -0.39 is 11.5 Å². The summed E-state index contributed by atoms with van der Waals surface area (Å²) in [5.74, 6) is -0.567. The van der Waals surface area contributed by atoms with E-state index in [1.54, 1.807) is 14.0 Å². The van der Waals surface area contributed by atoms with Gasteiger partial charge in [-0.1, -0.05) is 26.0 Å². The Kier molecular flexibility index (Phi) is 5.76. The Bertz CT molecular complexity index is 515. The van der Waals surface area contributed by atoms with Crippen molar-refractivity contribution in [3.05, 3.63) is 29.8 Å². The average molecular weight is 293 g/mol. The second kappa shape index (κ2) is 7.11. The van der Waals surface area contributed by atoms with Gasteiger partial charge in [0, 0.05) is 6.42 Å². The lowest BCUT2D eigenvalue weighted by molar-refractivity contribution is -0.147. The topological polar surface area (TPSA) is 75.6 Å². The van der Waals surface area contributed by atoms with Gasteiger partial charge in [0.05, 0.1) is 7.11 Å². The zero-order chi connectivity index (χ0) is 16.0. The number of nitrogens with one attached hydrogen (secondary N) is 1. The van der Waals surface area contributed by atoms with Crippen LogP contribution in [0, 0.1) is 0 Å². The van der Waals surface area contributed by atoms with E-state index in [1.807, 2.05) is 31.2 Å². The third kappa shape index (κ3) is 4.48. The second-order valence-electron chi connectivity index (χ2n) is 5.42. The number of amides is 1. The van der Waals surface area contributed by atoms with Crippen molar-refractivity contribution in [2.24, 2.45) is 0 Å². The molecule has 0 aliphatic carbocycles. The van der Waals surface area contributed by atoms with Gasteiger partial charge in [0.15, 0.2) is 0 Å². The lowest BCUT2D eigenvalue weighted by atomic mass is 9.95. The largest absolute Gasteiger partial charge is 0.497 e. The van der Waals surface area contributed by atoms with Crippen LogP contribution in [0.4, 0.5) is 0 Å². The smallest absolute Gasteiger partial charge is 0.329 e. The Morgan fingerprint density at radius 2 is 2.10 bits per heavy atom. The first-order valence-electron chi connectivity index (χ1n) is 7.00. The zero-order valence-corrected chi connectivity index (χ0v) is 13.0. The molecule has 0 saturated carbocycles. The highest BCUT2D eigenvalue weighted by atomic mass is 16.5. The molecule has 1 rings (SSSR count). The van der Waals surface area contributed by atoms with Crippen LogP contribution < -0.4 is 10.1 Å². The molecule has 21 heavy (non-hydrogen) atoms. The van der Waals surface area contributed by atoms with Gasteiger partial charge in [-0.3, -0.25) is 4.79 Å². The van der Waals surface area contributed by atoms with E-state index in [2.05, 4.69) is 5.32 Å². The summed E-state index contributed by atoms with van der Waals surface area (Å²) < 4.78 is 5.16. The van der Waals surface area contributed by atoms with Gasteiger partial charge >= 0.3 is 5.97 Å². The molecular formula is C16H23NO4. The normalized spacial score (nSPS) is 14.9. The van der Waals surface area contributed by atoms with Crippen LogP contribution in [0.5, 0.6) is 5.75 Å². The standard InChI is InChI=1S/C16H23NO4/c1-5-16(3,15(19)20)17-14(18)9-11(2)12-7-6-8-13(10-12)21-4/h6-8,10-11H,5,9H2,1-4H3,(H,17,18)(H,19,20). The molecule has 2 unspecified atom stereocenters. The summed E-state index contributed by atoms with van der Waals surface area (Å²) >= 11 is 0. The lowest BCUT2D eigenvalue weighted by Crippen LogP contribution is -2.51. The highest BCUT2D eigenvalue weighted by Crippen LogP contribution is 2.23. The first kappa shape index (κ1) is 17.0. The minimum Gasteiger partial charge on any atom is -0.497 e. The Labute approximate surface area is 125 Å². The summed E-state index contributed by atoms with van der Waals surface area (Å²) in [6, 6.07) is 7.52. The first-order valence-corrected chi connectivity index (χ1v) is 7.00. The van der Waals surface area contributed by atoms with Crippen LogP contribution in [-0.4, -0.2) is 29.6 Å². The van der Waals surface area contributed by atoms with Gasteiger partial charge in [-0.05, 0) is 37.0 Å². The van der Waals surface area contributed by atoms with Crippen molar-refractivity contribution < 1.29 is 19.4 Å². The van der Waals surface area contributed by atoms with Crippen molar-refractivity contribution in [1.29, 1.82) is 0 Å². The molecule has 0 aliphatic rings. The number of rotatable bonds is 7. The van der Waals surface area contributed by atoms with E-state index in [0.29, 0.717) is 6.42 Å². The molecule has 0 heterocycles. The number of aliphatic carboxylic acids is 1. The van der Waals surface area contributed by atoms with Crippen LogP contribution in [0.2, 0.25) is 0 Å². The number of carboxylic acids is 1. The van der Waals surface area contributed by atoms with Crippen molar-refractivity contribution in [3.63, 3.8) is 0 Å². The number of ether oxygens (including phenoxy) is 1. The van der Waals surface area contributed by atoms with Gasteiger partial charge in [0.2, 0.25) is 5.91 Å². The van der Waals surface area contributed by atoms with Crippen LogP contribution in [0.1, 0.15) is 45.1 Å². The fraction of sp³-hybridized carbons (Fsp3) is 0.500. The van der Waals surface area contributed by atoms with Crippen molar-refractivity contribution >= 4 is 11.9 Å². The molecule has 1 aromatic rings. The Morgan fingerprint density at radius 3 is 2.62 bits per heavy atom. The van der Waals surface area contributed by atoms with E-state index in [0.717, 1.165) is 11.3 Å². The van der Waals surface area contributed by atoms with Crippen molar-refractivity contribution in [3.8, 4) is 5.75 Å². The maximum absolute atomic E-state index is 12.1. The number of methoxy groups -OCH3 is 1. The number of hydrogen-bond acceptors (Lipinski definition) is 3. The number of hydrogen-bond donors (Lipinski definition) is 2. The molecule has 2 atom stereocenters. The Balaban J connectivity index is 2.71. The van der Waals surface area contributed by atoms with Gasteiger partial charge in [-0.2, -0.15) is 0 Å². The fourth-order valence-corrected chi connectivity index (χ4v) is 2.00. The van der Waals surface area contributed by atoms with Crippen LogP contribution >= 0.6 is 0 Å². The van der Waals surface area contributed by atoms with Gasteiger partial charge in [0.25, 0.3) is 0 Å². The third-order valence-corrected chi connectivity index (χ3v) is 3.75. The molecule has 116 valence electrons. The Hall–Kier alpha value is -2.04. The number of carbonyl (C=O) groups excluding carboxylic acids is 1. The highest BCUT2D eigenvalue weighted by Gasteiger charge is 2.32. The minimum atomic E-state index is -1.22. The molecule has 0 fully saturated rings. The molecule has 0 aliphatic heterocycles. The third-order valence-electron chi connectivity index (χ3n) is 3.75. The van der Waals surface area contributed by atoms with Gasteiger partial charge < -0.3 is 15.2 Å². The van der Waals surface area contributed by atoms with E-state index >= 15 is 0 Å². The van der Waals surface area contributed by atoms with Crippen LogP contribution in [0.15, 0.2) is 24.3 Å². The summed E-state index contributed by atoms with van der Waals surface area (Å²) in [7, 11) is 1.59. The molecule has 0 spiro atoms. The quantitative estimate of drug-likeness (QED) is 0.810. The molecule has 2 N–H and O–H groups in total. The predicted octanol–water partition coefficient (Wildman–Crippen LogP) is 2.56. The number of carboxylic acid groups (broad SMARTS) is 1. The van der Waals surface area contributed by atoms with Crippen molar-refractivity contribution in [2.45, 2.75) is 45.1 Å². The van der Waals surface area contributed by atoms with Crippen LogP contribution in [0.25, 0.3) is 0 Å². The van der Waals surface area contributed by atoms with Crippen LogP contribution in [0.3, 0.4) is 0 Å². The lowest BCUT2D eigenvalue weighted by Gasteiger charge is -2.25. The molecule has 0 aromatic heterocycles.